The molecule has 2 aromatic carbocycles. The standard InChI is InChI=1S/C17H17ClN4O2S.CH2O2/c18-15-3-1-2-4-17(15)25(23,24)22-16-11-14(6-5-13(16)12-20-22)21-9-7-19-8-10-21;2-1-3/h1-6,11-12,19H,7-10H2;1H,(H,2,3). The van der Waals surface area contributed by atoms with Gasteiger partial charge in [0.1, 0.15) is 4.90 Å². The summed E-state index contributed by atoms with van der Waals surface area (Å²) in [6.07, 6.45) is 1.56. The quantitative estimate of drug-likeness (QED) is 0.622. The van der Waals surface area contributed by atoms with Crippen LogP contribution in [-0.2, 0) is 14.8 Å². The normalized spacial score (nSPS) is 14.4. The molecule has 0 aliphatic carbocycles. The molecular weight excluding hydrogens is 404 g/mol. The van der Waals surface area contributed by atoms with Crippen molar-refractivity contribution in [1.29, 1.82) is 0 Å². The number of halogens is 1. The van der Waals surface area contributed by atoms with Crippen LogP contribution < -0.4 is 10.2 Å². The monoisotopic (exact) mass is 422 g/mol. The Balaban J connectivity index is 0.000000706. The second-order valence-corrected chi connectivity index (χ2v) is 8.15. The third-order valence-corrected chi connectivity index (χ3v) is 6.45. The molecular formula is C18H19ClN4O4S. The predicted octanol–water partition coefficient (Wildman–Crippen LogP) is 2.04. The third-order valence-electron chi connectivity index (χ3n) is 4.35. The first-order valence-corrected chi connectivity index (χ1v) is 10.3. The molecule has 1 aromatic heterocycles. The van der Waals surface area contributed by atoms with Gasteiger partial charge in [-0.2, -0.15) is 17.6 Å². The molecule has 8 nitrogen and oxygen atoms in total. The molecule has 0 bridgehead atoms. The number of hydrogen-bond donors (Lipinski definition) is 2. The summed E-state index contributed by atoms with van der Waals surface area (Å²) in [5.41, 5.74) is 1.54. The first kappa shape index (κ1) is 20.1. The molecule has 10 heteroatoms. The van der Waals surface area contributed by atoms with E-state index in [1.807, 2.05) is 18.2 Å². The molecule has 3 aromatic rings. The minimum atomic E-state index is -3.86. The summed E-state index contributed by atoms with van der Waals surface area (Å²) >= 11 is 6.09. The summed E-state index contributed by atoms with van der Waals surface area (Å²) < 4.78 is 27.1. The summed E-state index contributed by atoms with van der Waals surface area (Å²) in [6.45, 7) is 3.35. The number of piperazine rings is 1. The average molecular weight is 423 g/mol. The Morgan fingerprint density at radius 3 is 2.50 bits per heavy atom. The van der Waals surface area contributed by atoms with Crippen molar-refractivity contribution >= 4 is 44.7 Å². The van der Waals surface area contributed by atoms with Crippen molar-refractivity contribution in [2.24, 2.45) is 0 Å². The largest absolute Gasteiger partial charge is 0.483 e. The van der Waals surface area contributed by atoms with Gasteiger partial charge < -0.3 is 15.3 Å². The van der Waals surface area contributed by atoms with Gasteiger partial charge in [-0.15, -0.1) is 0 Å². The molecule has 0 radical (unpaired) electrons. The highest BCUT2D eigenvalue weighted by atomic mass is 35.5. The molecule has 0 atom stereocenters. The van der Waals surface area contributed by atoms with Crippen molar-refractivity contribution in [3.8, 4) is 0 Å². The molecule has 1 fully saturated rings. The van der Waals surface area contributed by atoms with Gasteiger partial charge in [0.05, 0.1) is 16.7 Å². The first-order chi connectivity index (χ1) is 13.5. The molecule has 0 spiro atoms. The van der Waals surface area contributed by atoms with Gasteiger partial charge in [0.15, 0.2) is 0 Å². The van der Waals surface area contributed by atoms with E-state index >= 15 is 0 Å². The fourth-order valence-corrected chi connectivity index (χ4v) is 4.81. The van der Waals surface area contributed by atoms with E-state index in [1.165, 1.54) is 6.07 Å². The number of nitrogens with zero attached hydrogens (tertiary/aromatic N) is 3. The van der Waals surface area contributed by atoms with Crippen molar-refractivity contribution in [2.45, 2.75) is 4.90 Å². The summed E-state index contributed by atoms with van der Waals surface area (Å²) in [7, 11) is -3.86. The lowest BCUT2D eigenvalue weighted by molar-refractivity contribution is -0.122. The summed E-state index contributed by atoms with van der Waals surface area (Å²) in [6, 6.07) is 12.2. The van der Waals surface area contributed by atoms with Gasteiger partial charge in [0.25, 0.3) is 16.5 Å². The molecule has 1 aliphatic heterocycles. The SMILES string of the molecule is O=CO.O=S(=O)(c1ccccc1Cl)n1ncc2ccc(N3CCNCC3)cc21. The number of rotatable bonds is 3. The van der Waals surface area contributed by atoms with Gasteiger partial charge in [0.2, 0.25) is 0 Å². The fraction of sp³-hybridized carbons (Fsp3) is 0.222. The molecule has 28 heavy (non-hydrogen) atoms. The highest BCUT2D eigenvalue weighted by Crippen LogP contribution is 2.28. The van der Waals surface area contributed by atoms with Crippen LogP contribution in [0.4, 0.5) is 5.69 Å². The predicted molar refractivity (Wildman–Crippen MR) is 108 cm³/mol. The Kier molecular flexibility index (Phi) is 6.18. The molecule has 0 saturated carbocycles. The van der Waals surface area contributed by atoms with Crippen molar-refractivity contribution in [3.05, 3.63) is 53.7 Å². The van der Waals surface area contributed by atoms with Crippen molar-refractivity contribution in [1.82, 2.24) is 14.5 Å². The summed E-state index contributed by atoms with van der Waals surface area (Å²) in [5.74, 6) is 0. The average Bonchev–Trinajstić information content (AvgIpc) is 3.13. The number of benzene rings is 2. The lowest BCUT2D eigenvalue weighted by Gasteiger charge is -2.29. The van der Waals surface area contributed by atoms with Crippen molar-refractivity contribution in [2.75, 3.05) is 31.1 Å². The van der Waals surface area contributed by atoms with E-state index in [0.29, 0.717) is 5.52 Å². The van der Waals surface area contributed by atoms with Gasteiger partial charge in [-0.25, -0.2) is 0 Å². The maximum Gasteiger partial charge on any atom is 0.290 e. The van der Waals surface area contributed by atoms with Crippen LogP contribution in [0.25, 0.3) is 10.9 Å². The smallest absolute Gasteiger partial charge is 0.290 e. The Morgan fingerprint density at radius 1 is 1.14 bits per heavy atom. The van der Waals surface area contributed by atoms with Crippen LogP contribution in [0.1, 0.15) is 0 Å². The highest BCUT2D eigenvalue weighted by molar-refractivity contribution is 7.90. The van der Waals surface area contributed by atoms with Crippen LogP contribution in [-0.4, -0.2) is 55.4 Å². The molecule has 4 rings (SSSR count). The molecule has 1 saturated heterocycles. The topological polar surface area (TPSA) is 105 Å². The molecule has 2 heterocycles. The summed E-state index contributed by atoms with van der Waals surface area (Å²) in [5, 5.41) is 15.3. The van der Waals surface area contributed by atoms with E-state index in [0.717, 1.165) is 41.3 Å². The minimum absolute atomic E-state index is 0.0502. The Labute approximate surface area is 167 Å². The molecule has 1 aliphatic rings. The van der Waals surface area contributed by atoms with E-state index in [4.69, 9.17) is 21.5 Å². The lowest BCUT2D eigenvalue weighted by Crippen LogP contribution is -2.43. The number of nitrogens with one attached hydrogen (secondary N) is 1. The van der Waals surface area contributed by atoms with E-state index in [2.05, 4.69) is 15.3 Å². The van der Waals surface area contributed by atoms with E-state index in [9.17, 15) is 8.42 Å². The van der Waals surface area contributed by atoms with Gasteiger partial charge in [-0.1, -0.05) is 23.7 Å². The second kappa shape index (κ2) is 8.59. The third kappa shape index (κ3) is 3.96. The van der Waals surface area contributed by atoms with Crippen LogP contribution >= 0.6 is 11.6 Å². The number of carboxylic acid groups (broad SMARTS) is 1. The fourth-order valence-electron chi connectivity index (χ4n) is 3.04. The van der Waals surface area contributed by atoms with Gasteiger partial charge in [0, 0.05) is 37.3 Å². The second-order valence-electron chi connectivity index (χ2n) is 6.01. The number of aromatic nitrogens is 2. The number of fused-ring (bicyclic) bond motifs is 1. The van der Waals surface area contributed by atoms with Gasteiger partial charge in [-0.05, 0) is 30.3 Å². The lowest BCUT2D eigenvalue weighted by atomic mass is 10.2. The molecule has 148 valence electrons. The van der Waals surface area contributed by atoms with Crippen LogP contribution in [0.15, 0.2) is 53.6 Å². The number of hydrogen-bond acceptors (Lipinski definition) is 6. The van der Waals surface area contributed by atoms with Crippen LogP contribution in [0.3, 0.4) is 0 Å². The molecule has 0 amide bonds. The van der Waals surface area contributed by atoms with Crippen LogP contribution in [0.2, 0.25) is 5.02 Å². The first-order valence-electron chi connectivity index (χ1n) is 8.50. The zero-order chi connectivity index (χ0) is 20.1. The van der Waals surface area contributed by atoms with E-state index < -0.39 is 10.0 Å². The molecule has 2 N–H and O–H groups in total. The maximum atomic E-state index is 13.0. The number of carbonyl (C=O) groups is 1. The van der Waals surface area contributed by atoms with E-state index in [-0.39, 0.29) is 16.4 Å². The van der Waals surface area contributed by atoms with Crippen LogP contribution in [0, 0.1) is 0 Å². The summed E-state index contributed by atoms with van der Waals surface area (Å²) in [4.78, 5) is 10.6. The van der Waals surface area contributed by atoms with Gasteiger partial charge >= 0.3 is 0 Å². The minimum Gasteiger partial charge on any atom is -0.483 e. The zero-order valence-corrected chi connectivity index (χ0v) is 16.4. The maximum absolute atomic E-state index is 13.0. The highest BCUT2D eigenvalue weighted by Gasteiger charge is 2.23. The van der Waals surface area contributed by atoms with Crippen molar-refractivity contribution in [3.63, 3.8) is 0 Å². The Morgan fingerprint density at radius 2 is 1.82 bits per heavy atom. The zero-order valence-electron chi connectivity index (χ0n) is 14.8. The van der Waals surface area contributed by atoms with E-state index in [1.54, 1.807) is 24.4 Å². The Hall–Kier alpha value is -2.62. The Bertz CT molecular complexity index is 1080. The van der Waals surface area contributed by atoms with Crippen LogP contribution in [0.5, 0.6) is 0 Å². The van der Waals surface area contributed by atoms with Crippen molar-refractivity contribution < 1.29 is 18.3 Å². The number of anilines is 1. The van der Waals surface area contributed by atoms with Gasteiger partial charge in [-0.3, -0.25) is 4.79 Å². The molecule has 0 unspecified atom stereocenters.